The van der Waals surface area contributed by atoms with Gasteiger partial charge in [-0.1, -0.05) is 55.1 Å². The first kappa shape index (κ1) is 24.7. The Balaban J connectivity index is 0.000000709. The zero-order valence-electron chi connectivity index (χ0n) is 18.7. The second-order valence-corrected chi connectivity index (χ2v) is 8.83. The Labute approximate surface area is 204 Å². The first-order valence-corrected chi connectivity index (χ1v) is 12.1. The Morgan fingerprint density at radius 3 is 2.79 bits per heavy atom. The van der Waals surface area contributed by atoms with Crippen LogP contribution in [0, 0.1) is 6.92 Å². The molecule has 4 rings (SSSR count). The van der Waals surface area contributed by atoms with E-state index < -0.39 is 0 Å². The maximum absolute atomic E-state index is 12.9. The molecule has 2 aromatic carbocycles. The summed E-state index contributed by atoms with van der Waals surface area (Å²) in [5.41, 5.74) is 4.05. The van der Waals surface area contributed by atoms with Crippen molar-refractivity contribution in [2.75, 3.05) is 23.8 Å². The van der Waals surface area contributed by atoms with E-state index in [0.29, 0.717) is 24.5 Å². The second kappa shape index (κ2) is 12.3. The van der Waals surface area contributed by atoms with Gasteiger partial charge in [0.05, 0.1) is 18.5 Å². The fraction of sp³-hybridized carbons (Fsp3) is 0.231. The molecule has 2 heterocycles. The summed E-state index contributed by atoms with van der Waals surface area (Å²) in [6.45, 7) is 9.86. The number of halogens is 1. The third-order valence-corrected chi connectivity index (χ3v) is 6.65. The van der Waals surface area contributed by atoms with E-state index in [0.717, 1.165) is 45.3 Å². The fourth-order valence-corrected chi connectivity index (χ4v) is 4.73. The number of aromatic amines is 1. The van der Waals surface area contributed by atoms with Crippen LogP contribution < -0.4 is 9.64 Å². The molecule has 1 aliphatic heterocycles. The largest absolute Gasteiger partial charge is 0.493 e. The van der Waals surface area contributed by atoms with Gasteiger partial charge < -0.3 is 9.64 Å². The molecule has 7 heteroatoms. The van der Waals surface area contributed by atoms with Gasteiger partial charge in [0.25, 0.3) is 0 Å². The smallest absolute Gasteiger partial charge is 0.227 e. The average molecular weight is 482 g/mol. The molecule has 0 radical (unpaired) electrons. The van der Waals surface area contributed by atoms with Crippen LogP contribution in [0.4, 0.5) is 5.69 Å². The van der Waals surface area contributed by atoms with Gasteiger partial charge in [-0.25, -0.2) is 0 Å². The molecule has 0 bridgehead atoms. The van der Waals surface area contributed by atoms with Crippen LogP contribution in [-0.4, -0.2) is 35.0 Å². The van der Waals surface area contributed by atoms with E-state index in [1.807, 2.05) is 54.5 Å². The first-order chi connectivity index (χ1) is 16.1. The Morgan fingerprint density at radius 1 is 1.27 bits per heavy atom. The normalized spacial score (nSPS) is 12.2. The number of H-pyrrole nitrogens is 1. The van der Waals surface area contributed by atoms with Crippen molar-refractivity contribution in [2.45, 2.75) is 24.7 Å². The lowest BCUT2D eigenvalue weighted by atomic mass is 10.1. The number of fused-ring (bicyclic) bond motifs is 1. The van der Waals surface area contributed by atoms with Crippen LogP contribution in [-0.2, 0) is 4.79 Å². The van der Waals surface area contributed by atoms with Crippen LogP contribution in [0.3, 0.4) is 0 Å². The summed E-state index contributed by atoms with van der Waals surface area (Å²) >= 11 is 7.92. The third-order valence-electron chi connectivity index (χ3n) is 5.13. The molecule has 0 saturated carbocycles. The molecule has 33 heavy (non-hydrogen) atoms. The molecule has 1 aliphatic rings. The lowest BCUT2D eigenvalue weighted by Gasteiger charge is -2.30. The topological polar surface area (TPSA) is 58.2 Å². The van der Waals surface area contributed by atoms with Gasteiger partial charge in [0, 0.05) is 51.5 Å². The number of hydrogen-bond acceptors (Lipinski definition) is 4. The number of rotatable bonds is 7. The van der Waals surface area contributed by atoms with Gasteiger partial charge in [-0.15, -0.1) is 11.8 Å². The van der Waals surface area contributed by atoms with Crippen molar-refractivity contribution in [1.82, 2.24) is 10.2 Å². The SMILES string of the molecule is C=CC=C.Cc1c(Cl)cccc1OCCCC(=O)N1CCSc2c(-c3cn[nH]c3)cccc21. The highest BCUT2D eigenvalue weighted by molar-refractivity contribution is 7.99. The van der Waals surface area contributed by atoms with Crippen molar-refractivity contribution in [1.29, 1.82) is 0 Å². The van der Waals surface area contributed by atoms with E-state index in [1.54, 1.807) is 23.9 Å². The molecule has 0 aliphatic carbocycles. The van der Waals surface area contributed by atoms with Crippen molar-refractivity contribution >= 4 is 35.0 Å². The molecule has 0 spiro atoms. The first-order valence-electron chi connectivity index (χ1n) is 10.7. The summed E-state index contributed by atoms with van der Waals surface area (Å²) in [6.07, 6.45) is 8.07. The predicted octanol–water partition coefficient (Wildman–Crippen LogP) is 6.69. The van der Waals surface area contributed by atoms with Crippen molar-refractivity contribution in [3.63, 3.8) is 0 Å². The Morgan fingerprint density at radius 2 is 2.06 bits per heavy atom. The molecule has 0 saturated heterocycles. The molecule has 5 nitrogen and oxygen atoms in total. The summed E-state index contributed by atoms with van der Waals surface area (Å²) in [5, 5.41) is 7.60. The Bertz CT molecular complexity index is 1090. The van der Waals surface area contributed by atoms with E-state index in [4.69, 9.17) is 16.3 Å². The standard InChI is InChI=1S/C22H22ClN3O2S.C4H6/c1-15-18(23)6-3-8-20(15)28-11-4-9-21(27)26-10-12-29-22-17(5-2-7-19(22)26)16-13-24-25-14-16;1-3-4-2/h2-3,5-8,13-14H,4,9-12H2,1H3,(H,24,25);3-4H,1-2H2. The summed E-state index contributed by atoms with van der Waals surface area (Å²) in [7, 11) is 0. The van der Waals surface area contributed by atoms with Gasteiger partial charge in [0.15, 0.2) is 0 Å². The van der Waals surface area contributed by atoms with E-state index in [9.17, 15) is 4.79 Å². The number of allylic oxidation sites excluding steroid dienone is 2. The zero-order chi connectivity index (χ0) is 23.6. The molecule has 1 amide bonds. The second-order valence-electron chi connectivity index (χ2n) is 7.32. The summed E-state index contributed by atoms with van der Waals surface area (Å²) in [6, 6.07) is 11.7. The molecular formula is C26H28ClN3O2S. The van der Waals surface area contributed by atoms with Gasteiger partial charge in [0.1, 0.15) is 5.75 Å². The molecule has 0 fully saturated rings. The maximum atomic E-state index is 12.9. The molecule has 1 N–H and O–H groups in total. The number of nitrogens with one attached hydrogen (secondary N) is 1. The number of carbonyl (C=O) groups is 1. The molecular weight excluding hydrogens is 454 g/mol. The minimum Gasteiger partial charge on any atom is -0.493 e. The highest BCUT2D eigenvalue weighted by Gasteiger charge is 2.25. The molecule has 0 atom stereocenters. The van der Waals surface area contributed by atoms with Crippen LogP contribution in [0.15, 0.2) is 79.0 Å². The summed E-state index contributed by atoms with van der Waals surface area (Å²) in [5.74, 6) is 1.78. The molecule has 1 aromatic heterocycles. The number of nitrogens with zero attached hydrogens (tertiary/aromatic N) is 2. The van der Waals surface area contributed by atoms with E-state index in [2.05, 4.69) is 29.4 Å². The summed E-state index contributed by atoms with van der Waals surface area (Å²) in [4.78, 5) is 16.0. The lowest BCUT2D eigenvalue weighted by Crippen LogP contribution is -2.35. The summed E-state index contributed by atoms with van der Waals surface area (Å²) < 4.78 is 5.82. The maximum Gasteiger partial charge on any atom is 0.227 e. The fourth-order valence-electron chi connectivity index (χ4n) is 3.42. The lowest BCUT2D eigenvalue weighted by molar-refractivity contribution is -0.118. The van der Waals surface area contributed by atoms with Crippen molar-refractivity contribution in [3.8, 4) is 16.9 Å². The quantitative estimate of drug-likeness (QED) is 0.301. The minimum atomic E-state index is 0.127. The van der Waals surface area contributed by atoms with Gasteiger partial charge >= 0.3 is 0 Å². The number of thioether (sulfide) groups is 1. The van der Waals surface area contributed by atoms with E-state index >= 15 is 0 Å². The van der Waals surface area contributed by atoms with Crippen LogP contribution in [0.2, 0.25) is 5.02 Å². The van der Waals surface area contributed by atoms with E-state index in [1.165, 1.54) is 0 Å². The van der Waals surface area contributed by atoms with Gasteiger partial charge in [-0.2, -0.15) is 5.10 Å². The van der Waals surface area contributed by atoms with Crippen LogP contribution in [0.5, 0.6) is 5.75 Å². The minimum absolute atomic E-state index is 0.127. The highest BCUT2D eigenvalue weighted by Crippen LogP contribution is 2.41. The molecule has 3 aromatic rings. The van der Waals surface area contributed by atoms with Gasteiger partial charge in [-0.3, -0.25) is 9.89 Å². The van der Waals surface area contributed by atoms with Crippen LogP contribution in [0.1, 0.15) is 18.4 Å². The Hall–Kier alpha value is -2.96. The number of ether oxygens (including phenoxy) is 1. The third kappa shape index (κ3) is 6.30. The number of hydrogen-bond donors (Lipinski definition) is 1. The van der Waals surface area contributed by atoms with Crippen molar-refractivity contribution in [3.05, 3.63) is 84.7 Å². The number of aromatic nitrogens is 2. The monoisotopic (exact) mass is 481 g/mol. The zero-order valence-corrected chi connectivity index (χ0v) is 20.3. The van der Waals surface area contributed by atoms with Crippen LogP contribution >= 0.6 is 23.4 Å². The average Bonchev–Trinajstić information content (AvgIpc) is 3.38. The number of anilines is 1. The number of benzene rings is 2. The number of amides is 1. The van der Waals surface area contributed by atoms with E-state index in [-0.39, 0.29) is 5.91 Å². The highest BCUT2D eigenvalue weighted by atomic mass is 35.5. The van der Waals surface area contributed by atoms with Crippen molar-refractivity contribution in [2.24, 2.45) is 0 Å². The molecule has 0 unspecified atom stereocenters. The molecule has 172 valence electrons. The van der Waals surface area contributed by atoms with Gasteiger partial charge in [-0.05, 0) is 31.5 Å². The van der Waals surface area contributed by atoms with Crippen LogP contribution in [0.25, 0.3) is 11.1 Å². The van der Waals surface area contributed by atoms with Gasteiger partial charge in [0.2, 0.25) is 5.91 Å². The Kier molecular flexibility index (Phi) is 9.22. The number of carbonyl (C=O) groups excluding carboxylic acids is 1. The predicted molar refractivity (Wildman–Crippen MR) is 138 cm³/mol. The van der Waals surface area contributed by atoms with Crippen molar-refractivity contribution < 1.29 is 9.53 Å².